The number of carbonyl (C=O) groups excluding carboxylic acids is 1. The van der Waals surface area contributed by atoms with E-state index in [4.69, 9.17) is 0 Å². The van der Waals surface area contributed by atoms with Crippen molar-refractivity contribution in [2.24, 2.45) is 0 Å². The van der Waals surface area contributed by atoms with Crippen molar-refractivity contribution in [3.05, 3.63) is 78.9 Å². The van der Waals surface area contributed by atoms with Crippen LogP contribution in [0.25, 0.3) is 21.9 Å². The van der Waals surface area contributed by atoms with Crippen LogP contribution in [0.15, 0.2) is 73.3 Å². The first kappa shape index (κ1) is 20.2. The van der Waals surface area contributed by atoms with E-state index in [1.807, 2.05) is 21.6 Å². The molecule has 1 aromatic heterocycles. The lowest BCUT2D eigenvalue weighted by Crippen LogP contribution is -2.38. The lowest BCUT2D eigenvalue weighted by molar-refractivity contribution is 0.0694. The Labute approximate surface area is 188 Å². The highest BCUT2D eigenvalue weighted by Crippen LogP contribution is 2.35. The zero-order chi connectivity index (χ0) is 22.1. The molecule has 4 aromatic rings. The standard InChI is InChI=1S/C26H27N5O/c1-29(2)25-9-4-3-7-24(25)23-8-5-6-19-16-20(10-11-22(19)23)26(32)30-14-12-21(13-15-30)31-17-27-28-18-31/h3-11,16-18,21H,12-15H2,1-2H3. The van der Waals surface area contributed by atoms with Crippen LogP contribution in [0.2, 0.25) is 0 Å². The number of hydrogen-bond acceptors (Lipinski definition) is 4. The maximum Gasteiger partial charge on any atom is 0.253 e. The molecule has 1 amide bonds. The van der Waals surface area contributed by atoms with Crippen molar-refractivity contribution < 1.29 is 4.79 Å². The largest absolute Gasteiger partial charge is 0.377 e. The van der Waals surface area contributed by atoms with Gasteiger partial charge in [-0.3, -0.25) is 4.79 Å². The van der Waals surface area contributed by atoms with Crippen LogP contribution in [0.5, 0.6) is 0 Å². The van der Waals surface area contributed by atoms with Crippen LogP contribution in [-0.4, -0.2) is 52.8 Å². The van der Waals surface area contributed by atoms with E-state index in [9.17, 15) is 4.79 Å². The second kappa shape index (κ2) is 8.46. The summed E-state index contributed by atoms with van der Waals surface area (Å²) in [5.74, 6) is 0.105. The van der Waals surface area contributed by atoms with Crippen molar-refractivity contribution in [3.63, 3.8) is 0 Å². The topological polar surface area (TPSA) is 54.3 Å². The maximum absolute atomic E-state index is 13.2. The fraction of sp³-hybridized carbons (Fsp3) is 0.269. The number of piperidine rings is 1. The van der Waals surface area contributed by atoms with Crippen molar-refractivity contribution in [2.45, 2.75) is 18.9 Å². The van der Waals surface area contributed by atoms with Crippen molar-refractivity contribution in [3.8, 4) is 11.1 Å². The van der Waals surface area contributed by atoms with Crippen LogP contribution in [0.3, 0.4) is 0 Å². The average Bonchev–Trinajstić information content (AvgIpc) is 3.38. The summed E-state index contributed by atoms with van der Waals surface area (Å²) >= 11 is 0. The fourth-order valence-electron chi connectivity index (χ4n) is 4.69. The minimum Gasteiger partial charge on any atom is -0.377 e. The van der Waals surface area contributed by atoms with E-state index in [0.717, 1.165) is 42.3 Å². The first-order valence-corrected chi connectivity index (χ1v) is 11.0. The average molecular weight is 426 g/mol. The number of amides is 1. The molecule has 1 fully saturated rings. The van der Waals surface area contributed by atoms with E-state index in [1.165, 1.54) is 16.8 Å². The quantitative estimate of drug-likeness (QED) is 0.478. The number of carbonyl (C=O) groups is 1. The summed E-state index contributed by atoms with van der Waals surface area (Å²) in [7, 11) is 4.13. The maximum atomic E-state index is 13.2. The number of anilines is 1. The van der Waals surface area contributed by atoms with Crippen molar-refractivity contribution in [1.82, 2.24) is 19.7 Å². The first-order valence-electron chi connectivity index (χ1n) is 11.0. The molecule has 0 bridgehead atoms. The second-order valence-electron chi connectivity index (χ2n) is 8.59. The normalized spacial score (nSPS) is 14.6. The Hall–Kier alpha value is -3.67. The molecule has 1 saturated heterocycles. The Morgan fingerprint density at radius 1 is 0.906 bits per heavy atom. The number of benzene rings is 3. The molecule has 1 aliphatic rings. The zero-order valence-corrected chi connectivity index (χ0v) is 18.5. The van der Waals surface area contributed by atoms with Crippen molar-refractivity contribution in [2.75, 3.05) is 32.1 Å². The molecule has 1 aliphatic heterocycles. The van der Waals surface area contributed by atoms with Crippen LogP contribution < -0.4 is 4.90 Å². The van der Waals surface area contributed by atoms with E-state index in [1.54, 1.807) is 12.7 Å². The molecule has 0 N–H and O–H groups in total. The van der Waals surface area contributed by atoms with Crippen LogP contribution >= 0.6 is 0 Å². The third-order valence-corrected chi connectivity index (χ3v) is 6.41. The summed E-state index contributed by atoms with van der Waals surface area (Å²) in [5, 5.41) is 10.0. The number of nitrogens with zero attached hydrogens (tertiary/aromatic N) is 5. The minimum atomic E-state index is 0.105. The monoisotopic (exact) mass is 425 g/mol. The number of fused-ring (bicyclic) bond motifs is 1. The highest BCUT2D eigenvalue weighted by Gasteiger charge is 2.24. The Balaban J connectivity index is 1.41. The number of para-hydroxylation sites is 1. The van der Waals surface area contributed by atoms with Gasteiger partial charge < -0.3 is 14.4 Å². The Bertz CT molecular complexity index is 1240. The van der Waals surface area contributed by atoms with Gasteiger partial charge in [-0.1, -0.05) is 42.5 Å². The van der Waals surface area contributed by atoms with E-state index in [2.05, 4.69) is 77.7 Å². The molecule has 0 saturated carbocycles. The van der Waals surface area contributed by atoms with Crippen LogP contribution in [0, 0.1) is 0 Å². The fourth-order valence-corrected chi connectivity index (χ4v) is 4.69. The first-order chi connectivity index (χ1) is 15.6. The molecule has 2 heterocycles. The van der Waals surface area contributed by atoms with Crippen LogP contribution in [0.4, 0.5) is 5.69 Å². The third kappa shape index (κ3) is 3.73. The molecule has 32 heavy (non-hydrogen) atoms. The van der Waals surface area contributed by atoms with Gasteiger partial charge in [0, 0.05) is 50.0 Å². The number of likely N-dealkylation sites (tertiary alicyclic amines) is 1. The SMILES string of the molecule is CN(C)c1ccccc1-c1cccc2cc(C(=O)N3CCC(n4cnnc4)CC3)ccc12. The molecular formula is C26H27N5O. The van der Waals surface area contributed by atoms with Crippen molar-refractivity contribution in [1.29, 1.82) is 0 Å². The van der Waals surface area contributed by atoms with Gasteiger partial charge in [0.05, 0.1) is 0 Å². The Morgan fingerprint density at radius 2 is 1.62 bits per heavy atom. The smallest absolute Gasteiger partial charge is 0.253 e. The molecular weight excluding hydrogens is 398 g/mol. The van der Waals surface area contributed by atoms with Gasteiger partial charge in [0.2, 0.25) is 0 Å². The molecule has 6 nitrogen and oxygen atoms in total. The van der Waals surface area contributed by atoms with Gasteiger partial charge >= 0.3 is 0 Å². The lowest BCUT2D eigenvalue weighted by Gasteiger charge is -2.32. The van der Waals surface area contributed by atoms with Gasteiger partial charge in [0.15, 0.2) is 0 Å². The Morgan fingerprint density at radius 3 is 2.38 bits per heavy atom. The number of hydrogen-bond donors (Lipinski definition) is 0. The summed E-state index contributed by atoms with van der Waals surface area (Å²) < 4.78 is 2.05. The van der Waals surface area contributed by atoms with Gasteiger partial charge in [0.1, 0.15) is 12.7 Å². The van der Waals surface area contributed by atoms with Crippen LogP contribution in [-0.2, 0) is 0 Å². The molecule has 6 heteroatoms. The number of aromatic nitrogens is 3. The molecule has 5 rings (SSSR count). The summed E-state index contributed by atoms with van der Waals surface area (Å²) in [4.78, 5) is 17.3. The number of rotatable bonds is 4. The van der Waals surface area contributed by atoms with Crippen molar-refractivity contribution >= 4 is 22.4 Å². The van der Waals surface area contributed by atoms with Gasteiger partial charge in [-0.05, 0) is 47.4 Å². The minimum absolute atomic E-state index is 0.105. The molecule has 0 aliphatic carbocycles. The molecule has 162 valence electrons. The Kier molecular flexibility index (Phi) is 5.35. The van der Waals surface area contributed by atoms with Gasteiger partial charge in [-0.15, -0.1) is 10.2 Å². The van der Waals surface area contributed by atoms with Gasteiger partial charge in [-0.2, -0.15) is 0 Å². The van der Waals surface area contributed by atoms with Gasteiger partial charge in [0.25, 0.3) is 5.91 Å². The molecule has 3 aromatic carbocycles. The summed E-state index contributed by atoms with van der Waals surface area (Å²) in [6, 6.07) is 21.2. The highest BCUT2D eigenvalue weighted by molar-refractivity contribution is 6.04. The van der Waals surface area contributed by atoms with E-state index in [-0.39, 0.29) is 5.91 Å². The predicted molar refractivity (Wildman–Crippen MR) is 128 cm³/mol. The third-order valence-electron chi connectivity index (χ3n) is 6.41. The van der Waals surface area contributed by atoms with E-state index in [0.29, 0.717) is 6.04 Å². The molecule has 0 unspecified atom stereocenters. The summed E-state index contributed by atoms with van der Waals surface area (Å²) in [5.41, 5.74) is 4.30. The summed E-state index contributed by atoms with van der Waals surface area (Å²) in [6.45, 7) is 1.49. The lowest BCUT2D eigenvalue weighted by atomic mass is 9.95. The molecule has 0 radical (unpaired) electrons. The molecule has 0 spiro atoms. The second-order valence-corrected chi connectivity index (χ2v) is 8.59. The predicted octanol–water partition coefficient (Wildman–Crippen LogP) is 4.64. The van der Waals surface area contributed by atoms with E-state index >= 15 is 0 Å². The van der Waals surface area contributed by atoms with Crippen LogP contribution in [0.1, 0.15) is 29.2 Å². The van der Waals surface area contributed by atoms with E-state index < -0.39 is 0 Å². The summed E-state index contributed by atoms with van der Waals surface area (Å²) in [6.07, 6.45) is 5.36. The highest BCUT2D eigenvalue weighted by atomic mass is 16.2. The van der Waals surface area contributed by atoms with Gasteiger partial charge in [-0.25, -0.2) is 0 Å². The molecule has 0 atom stereocenters. The zero-order valence-electron chi connectivity index (χ0n) is 18.5.